The van der Waals surface area contributed by atoms with Crippen molar-refractivity contribution in [3.8, 4) is 0 Å². The summed E-state index contributed by atoms with van der Waals surface area (Å²) in [6.07, 6.45) is 4.86. The molecule has 2 heterocycles. The van der Waals surface area contributed by atoms with Gasteiger partial charge in [0.05, 0.1) is 12.7 Å². The van der Waals surface area contributed by atoms with E-state index in [1.165, 1.54) is 0 Å². The molecule has 2 saturated heterocycles. The Morgan fingerprint density at radius 2 is 2.36 bits per heavy atom. The summed E-state index contributed by atoms with van der Waals surface area (Å²) < 4.78 is 10.9. The number of hydrogen-bond donors (Lipinski definition) is 0. The van der Waals surface area contributed by atoms with Crippen LogP contribution in [-0.2, 0) is 14.3 Å². The minimum absolute atomic E-state index is 0.131. The number of allylic oxidation sites excluding steroid dienone is 2. The first-order valence-corrected chi connectivity index (χ1v) is 5.25. The maximum atomic E-state index is 11.9. The summed E-state index contributed by atoms with van der Waals surface area (Å²) in [7, 11) is 0. The average Bonchev–Trinajstić information content (AvgIpc) is 2.60. The third-order valence-corrected chi connectivity index (χ3v) is 3.62. The van der Waals surface area contributed by atoms with Crippen molar-refractivity contribution in [1.82, 2.24) is 0 Å². The Kier molecular flexibility index (Phi) is 1.79. The monoisotopic (exact) mass is 194 g/mol. The number of carbonyl (C=O) groups excluding carboxylic acids is 1. The van der Waals surface area contributed by atoms with Gasteiger partial charge in [0.2, 0.25) is 6.29 Å². The van der Waals surface area contributed by atoms with Gasteiger partial charge in [-0.2, -0.15) is 0 Å². The van der Waals surface area contributed by atoms with Gasteiger partial charge in [-0.15, -0.1) is 0 Å². The molecule has 0 saturated carbocycles. The zero-order valence-electron chi connectivity index (χ0n) is 8.18. The lowest BCUT2D eigenvalue weighted by Gasteiger charge is -2.38. The Bertz CT molecular complexity index is 297. The van der Waals surface area contributed by atoms with Crippen LogP contribution in [0.25, 0.3) is 0 Å². The second-order valence-electron chi connectivity index (χ2n) is 4.45. The molecule has 3 rings (SSSR count). The second kappa shape index (κ2) is 2.91. The minimum atomic E-state index is -0.560. The van der Waals surface area contributed by atoms with Gasteiger partial charge in [-0.1, -0.05) is 19.1 Å². The molecule has 2 fully saturated rings. The second-order valence-corrected chi connectivity index (χ2v) is 4.45. The summed E-state index contributed by atoms with van der Waals surface area (Å²) in [6, 6.07) is 0. The van der Waals surface area contributed by atoms with E-state index in [1.54, 1.807) is 0 Å². The fourth-order valence-electron chi connectivity index (χ4n) is 2.91. The highest BCUT2D eigenvalue weighted by molar-refractivity contribution is 5.86. The fraction of sp³-hybridized carbons (Fsp3) is 0.727. The molecule has 0 spiro atoms. The standard InChI is InChI=1S/C11H14O3/c1-6-3-2-4-7-8-5-13-11(14-8)10(12)9(6)7/h2-3,6-9,11H,4-5H2,1H3/t6-,7-,8+,9-,11+/m0/s1. The lowest BCUT2D eigenvalue weighted by molar-refractivity contribution is -0.168. The largest absolute Gasteiger partial charge is 0.343 e. The van der Waals surface area contributed by atoms with Crippen molar-refractivity contribution in [3.63, 3.8) is 0 Å². The van der Waals surface area contributed by atoms with E-state index in [9.17, 15) is 4.79 Å². The average molecular weight is 194 g/mol. The molecule has 0 amide bonds. The molecule has 0 N–H and O–H groups in total. The summed E-state index contributed by atoms with van der Waals surface area (Å²) >= 11 is 0. The predicted octanol–water partition coefficient (Wildman–Crippen LogP) is 1.14. The first-order valence-electron chi connectivity index (χ1n) is 5.25. The Balaban J connectivity index is 1.97. The number of Topliss-reactive ketones (excluding diaryl/α,β-unsaturated/α-hetero) is 1. The molecule has 76 valence electrons. The van der Waals surface area contributed by atoms with Gasteiger partial charge >= 0.3 is 0 Å². The molecule has 1 aliphatic carbocycles. The van der Waals surface area contributed by atoms with E-state index >= 15 is 0 Å². The molecule has 0 unspecified atom stereocenters. The summed E-state index contributed by atoms with van der Waals surface area (Å²) in [5.41, 5.74) is 0. The van der Waals surface area contributed by atoms with Crippen molar-refractivity contribution in [2.24, 2.45) is 17.8 Å². The first kappa shape index (κ1) is 8.62. The topological polar surface area (TPSA) is 35.5 Å². The van der Waals surface area contributed by atoms with Gasteiger partial charge in [0.25, 0.3) is 0 Å². The van der Waals surface area contributed by atoms with Crippen LogP contribution in [-0.4, -0.2) is 24.8 Å². The van der Waals surface area contributed by atoms with Crippen LogP contribution in [0.3, 0.4) is 0 Å². The zero-order valence-corrected chi connectivity index (χ0v) is 8.18. The Labute approximate surface area is 83.1 Å². The molecule has 5 atom stereocenters. The molecule has 3 heteroatoms. The van der Waals surface area contributed by atoms with Gasteiger partial charge in [0.1, 0.15) is 0 Å². The van der Waals surface area contributed by atoms with E-state index in [0.717, 1.165) is 6.42 Å². The first-order chi connectivity index (χ1) is 6.77. The highest BCUT2D eigenvalue weighted by Gasteiger charge is 2.51. The minimum Gasteiger partial charge on any atom is -0.343 e. The quantitative estimate of drug-likeness (QED) is 0.542. The SMILES string of the molecule is C[C@H]1C=CC[C@@H]2[C@H]1C(=O)[C@@H]1OC[C@H]2O1. The molecular weight excluding hydrogens is 180 g/mol. The van der Waals surface area contributed by atoms with Crippen molar-refractivity contribution in [3.05, 3.63) is 12.2 Å². The van der Waals surface area contributed by atoms with Crippen molar-refractivity contribution in [1.29, 1.82) is 0 Å². The van der Waals surface area contributed by atoms with E-state index in [1.807, 2.05) is 0 Å². The molecular formula is C11H14O3. The third-order valence-electron chi connectivity index (χ3n) is 3.62. The van der Waals surface area contributed by atoms with Gasteiger partial charge in [-0.25, -0.2) is 0 Å². The van der Waals surface area contributed by atoms with E-state index in [2.05, 4.69) is 19.1 Å². The van der Waals surface area contributed by atoms with Crippen LogP contribution in [0, 0.1) is 17.8 Å². The molecule has 14 heavy (non-hydrogen) atoms. The number of carbonyl (C=O) groups is 1. The predicted molar refractivity (Wildman–Crippen MR) is 49.5 cm³/mol. The summed E-state index contributed by atoms with van der Waals surface area (Å²) in [5, 5.41) is 0. The van der Waals surface area contributed by atoms with Crippen LogP contribution in [0.4, 0.5) is 0 Å². The van der Waals surface area contributed by atoms with E-state index < -0.39 is 6.29 Å². The number of ketones is 1. The highest BCUT2D eigenvalue weighted by Crippen LogP contribution is 2.42. The molecule has 3 nitrogen and oxygen atoms in total. The molecule has 0 aromatic heterocycles. The number of fused-ring (bicyclic) bond motifs is 4. The van der Waals surface area contributed by atoms with Gasteiger partial charge in [0, 0.05) is 11.8 Å². The normalized spacial score (nSPS) is 50.6. The smallest absolute Gasteiger partial charge is 0.218 e. The molecule has 2 aliphatic heterocycles. The summed E-state index contributed by atoms with van der Waals surface area (Å²) in [5.74, 6) is 0.977. The maximum Gasteiger partial charge on any atom is 0.218 e. The molecule has 3 aliphatic rings. The Hall–Kier alpha value is -0.670. The van der Waals surface area contributed by atoms with Crippen molar-refractivity contribution in [2.75, 3.05) is 6.61 Å². The zero-order chi connectivity index (χ0) is 9.71. The lowest BCUT2D eigenvalue weighted by Crippen LogP contribution is -2.47. The lowest BCUT2D eigenvalue weighted by atomic mass is 9.71. The number of rotatable bonds is 0. The van der Waals surface area contributed by atoms with Crippen molar-refractivity contribution >= 4 is 5.78 Å². The summed E-state index contributed by atoms with van der Waals surface area (Å²) in [4.78, 5) is 11.9. The third kappa shape index (κ3) is 1.03. The van der Waals surface area contributed by atoms with Gasteiger partial charge in [0.15, 0.2) is 5.78 Å². The highest BCUT2D eigenvalue weighted by atomic mass is 16.7. The Morgan fingerprint density at radius 3 is 3.21 bits per heavy atom. The van der Waals surface area contributed by atoms with Crippen LogP contribution in [0.15, 0.2) is 12.2 Å². The maximum absolute atomic E-state index is 11.9. The Morgan fingerprint density at radius 1 is 1.50 bits per heavy atom. The van der Waals surface area contributed by atoms with Crippen LogP contribution in [0.2, 0.25) is 0 Å². The molecule has 0 aromatic carbocycles. The van der Waals surface area contributed by atoms with Gasteiger partial charge < -0.3 is 9.47 Å². The van der Waals surface area contributed by atoms with Crippen LogP contribution in [0.1, 0.15) is 13.3 Å². The number of hydrogen-bond acceptors (Lipinski definition) is 3. The molecule has 0 radical (unpaired) electrons. The van der Waals surface area contributed by atoms with Crippen molar-refractivity contribution < 1.29 is 14.3 Å². The fourth-order valence-corrected chi connectivity index (χ4v) is 2.91. The van der Waals surface area contributed by atoms with E-state index in [4.69, 9.17) is 9.47 Å². The van der Waals surface area contributed by atoms with E-state index in [0.29, 0.717) is 18.4 Å². The van der Waals surface area contributed by atoms with Crippen LogP contribution in [0.5, 0.6) is 0 Å². The number of ether oxygens (including phenoxy) is 2. The van der Waals surface area contributed by atoms with Crippen LogP contribution < -0.4 is 0 Å². The summed E-state index contributed by atoms with van der Waals surface area (Å²) in [6.45, 7) is 2.70. The molecule has 2 bridgehead atoms. The van der Waals surface area contributed by atoms with Crippen LogP contribution >= 0.6 is 0 Å². The van der Waals surface area contributed by atoms with E-state index in [-0.39, 0.29) is 17.8 Å². The van der Waals surface area contributed by atoms with Crippen molar-refractivity contribution in [2.45, 2.75) is 25.7 Å². The van der Waals surface area contributed by atoms with Gasteiger partial charge in [-0.05, 0) is 12.3 Å². The van der Waals surface area contributed by atoms with Gasteiger partial charge in [-0.3, -0.25) is 4.79 Å². The molecule has 0 aromatic rings.